The largest absolute Gasteiger partial charge is 0.490 e. The molecule has 0 spiro atoms. The SMILES string of the molecule is CC.CCc1ccc(OC2CCOCC2)cc1. The predicted molar refractivity (Wildman–Crippen MR) is 71.6 cm³/mol. The van der Waals surface area contributed by atoms with E-state index in [-0.39, 0.29) is 0 Å². The monoisotopic (exact) mass is 236 g/mol. The zero-order valence-corrected chi connectivity index (χ0v) is 11.2. The Hall–Kier alpha value is -1.02. The van der Waals surface area contributed by atoms with Crippen LogP contribution in [-0.4, -0.2) is 19.3 Å². The molecule has 1 aliphatic heterocycles. The molecule has 0 unspecified atom stereocenters. The van der Waals surface area contributed by atoms with Crippen molar-refractivity contribution >= 4 is 0 Å². The van der Waals surface area contributed by atoms with Crippen LogP contribution >= 0.6 is 0 Å². The molecule has 2 rings (SSSR count). The molecule has 1 aromatic carbocycles. The fraction of sp³-hybridized carbons (Fsp3) is 0.600. The molecule has 0 amide bonds. The van der Waals surface area contributed by atoms with Crippen molar-refractivity contribution in [3.63, 3.8) is 0 Å². The van der Waals surface area contributed by atoms with Gasteiger partial charge in [-0.15, -0.1) is 0 Å². The lowest BCUT2D eigenvalue weighted by Gasteiger charge is -2.23. The van der Waals surface area contributed by atoms with E-state index in [1.54, 1.807) is 0 Å². The van der Waals surface area contributed by atoms with Gasteiger partial charge in [-0.3, -0.25) is 0 Å². The molecule has 0 bridgehead atoms. The smallest absolute Gasteiger partial charge is 0.119 e. The van der Waals surface area contributed by atoms with Crippen molar-refractivity contribution < 1.29 is 9.47 Å². The van der Waals surface area contributed by atoms with Crippen LogP contribution in [-0.2, 0) is 11.2 Å². The van der Waals surface area contributed by atoms with E-state index in [9.17, 15) is 0 Å². The summed E-state index contributed by atoms with van der Waals surface area (Å²) in [7, 11) is 0. The summed E-state index contributed by atoms with van der Waals surface area (Å²) in [5, 5.41) is 0. The highest BCUT2D eigenvalue weighted by atomic mass is 16.5. The molecule has 1 aliphatic rings. The summed E-state index contributed by atoms with van der Waals surface area (Å²) in [4.78, 5) is 0. The molecule has 0 atom stereocenters. The van der Waals surface area contributed by atoms with E-state index in [1.807, 2.05) is 13.8 Å². The van der Waals surface area contributed by atoms with Gasteiger partial charge in [0.25, 0.3) is 0 Å². The van der Waals surface area contributed by atoms with Crippen LogP contribution < -0.4 is 4.74 Å². The van der Waals surface area contributed by atoms with Gasteiger partial charge in [0.05, 0.1) is 13.2 Å². The molecule has 17 heavy (non-hydrogen) atoms. The molecule has 0 saturated carbocycles. The molecule has 1 aromatic rings. The quantitative estimate of drug-likeness (QED) is 0.794. The summed E-state index contributed by atoms with van der Waals surface area (Å²) < 4.78 is 11.2. The Balaban J connectivity index is 0.000000686. The number of hydrogen-bond acceptors (Lipinski definition) is 2. The van der Waals surface area contributed by atoms with Crippen LogP contribution in [0.2, 0.25) is 0 Å². The summed E-state index contributed by atoms with van der Waals surface area (Å²) in [6.45, 7) is 7.82. The average Bonchev–Trinajstić information content (AvgIpc) is 2.43. The first-order valence-corrected chi connectivity index (χ1v) is 6.72. The second-order valence-corrected chi connectivity index (χ2v) is 3.93. The predicted octanol–water partition coefficient (Wildman–Crippen LogP) is 3.83. The molecule has 1 saturated heterocycles. The van der Waals surface area contributed by atoms with Crippen molar-refractivity contribution in [1.29, 1.82) is 0 Å². The molecule has 2 nitrogen and oxygen atoms in total. The normalized spacial score (nSPS) is 15.9. The van der Waals surface area contributed by atoms with Crippen molar-refractivity contribution in [2.75, 3.05) is 13.2 Å². The van der Waals surface area contributed by atoms with E-state index in [1.165, 1.54) is 5.56 Å². The molecule has 2 heteroatoms. The second kappa shape index (κ2) is 8.13. The van der Waals surface area contributed by atoms with Crippen LogP contribution in [0.15, 0.2) is 24.3 Å². The van der Waals surface area contributed by atoms with E-state index >= 15 is 0 Å². The molecule has 96 valence electrons. The topological polar surface area (TPSA) is 18.5 Å². The van der Waals surface area contributed by atoms with E-state index in [0.717, 1.165) is 38.2 Å². The molecule has 1 fully saturated rings. The number of aryl methyl sites for hydroxylation is 1. The minimum absolute atomic E-state index is 0.339. The third-order valence-corrected chi connectivity index (χ3v) is 2.80. The van der Waals surface area contributed by atoms with Crippen molar-refractivity contribution in [2.45, 2.75) is 46.1 Å². The van der Waals surface area contributed by atoms with E-state index in [4.69, 9.17) is 9.47 Å². The number of rotatable bonds is 3. The van der Waals surface area contributed by atoms with Crippen LogP contribution in [0, 0.1) is 0 Å². The third-order valence-electron chi connectivity index (χ3n) is 2.80. The van der Waals surface area contributed by atoms with Gasteiger partial charge in [0.1, 0.15) is 11.9 Å². The summed E-state index contributed by atoms with van der Waals surface area (Å²) in [5.74, 6) is 0.985. The first-order chi connectivity index (χ1) is 8.38. The van der Waals surface area contributed by atoms with Gasteiger partial charge in [-0.1, -0.05) is 32.9 Å². The van der Waals surface area contributed by atoms with Gasteiger partial charge in [0, 0.05) is 12.8 Å². The average molecular weight is 236 g/mol. The number of benzene rings is 1. The minimum Gasteiger partial charge on any atom is -0.490 e. The van der Waals surface area contributed by atoms with Gasteiger partial charge < -0.3 is 9.47 Å². The lowest BCUT2D eigenvalue weighted by Crippen LogP contribution is -2.25. The van der Waals surface area contributed by atoms with Crippen LogP contribution in [0.5, 0.6) is 5.75 Å². The number of ether oxygens (including phenoxy) is 2. The van der Waals surface area contributed by atoms with Crippen LogP contribution in [0.25, 0.3) is 0 Å². The lowest BCUT2D eigenvalue weighted by molar-refractivity contribution is 0.0255. The first-order valence-electron chi connectivity index (χ1n) is 6.72. The molecule has 0 aromatic heterocycles. The standard InChI is InChI=1S/C13H18O2.C2H6/c1-2-11-3-5-12(6-4-11)15-13-7-9-14-10-8-13;1-2/h3-6,13H,2,7-10H2,1H3;1-2H3. The number of hydrogen-bond donors (Lipinski definition) is 0. The van der Waals surface area contributed by atoms with E-state index in [2.05, 4.69) is 31.2 Å². The third kappa shape index (κ3) is 4.78. The second-order valence-electron chi connectivity index (χ2n) is 3.93. The zero-order chi connectivity index (χ0) is 12.5. The molecular formula is C15H24O2. The fourth-order valence-electron chi connectivity index (χ4n) is 1.79. The zero-order valence-electron chi connectivity index (χ0n) is 11.2. The summed E-state index contributed by atoms with van der Waals surface area (Å²) in [5.41, 5.74) is 1.36. The minimum atomic E-state index is 0.339. The van der Waals surface area contributed by atoms with Crippen molar-refractivity contribution in [3.05, 3.63) is 29.8 Å². The lowest BCUT2D eigenvalue weighted by atomic mass is 10.1. The van der Waals surface area contributed by atoms with Gasteiger partial charge in [-0.2, -0.15) is 0 Å². The molecule has 0 aliphatic carbocycles. The van der Waals surface area contributed by atoms with Crippen LogP contribution in [0.1, 0.15) is 39.2 Å². The van der Waals surface area contributed by atoms with Crippen LogP contribution in [0.3, 0.4) is 0 Å². The molecule has 1 heterocycles. The summed E-state index contributed by atoms with van der Waals surface area (Å²) in [6, 6.07) is 8.39. The highest BCUT2D eigenvalue weighted by Gasteiger charge is 2.14. The molecule has 0 N–H and O–H groups in total. The Labute approximate surface area is 105 Å². The Morgan fingerprint density at radius 2 is 1.71 bits per heavy atom. The first kappa shape index (κ1) is 14.0. The Bertz CT molecular complexity index is 286. The van der Waals surface area contributed by atoms with E-state index in [0.29, 0.717) is 6.10 Å². The van der Waals surface area contributed by atoms with E-state index < -0.39 is 0 Å². The molecular weight excluding hydrogens is 212 g/mol. The van der Waals surface area contributed by atoms with Gasteiger partial charge in [-0.25, -0.2) is 0 Å². The fourth-order valence-corrected chi connectivity index (χ4v) is 1.79. The Morgan fingerprint density at radius 3 is 2.24 bits per heavy atom. The molecule has 0 radical (unpaired) electrons. The van der Waals surface area contributed by atoms with Crippen molar-refractivity contribution in [3.8, 4) is 5.75 Å². The van der Waals surface area contributed by atoms with Crippen molar-refractivity contribution in [2.24, 2.45) is 0 Å². The Morgan fingerprint density at radius 1 is 1.12 bits per heavy atom. The maximum absolute atomic E-state index is 5.87. The van der Waals surface area contributed by atoms with Crippen molar-refractivity contribution in [1.82, 2.24) is 0 Å². The maximum Gasteiger partial charge on any atom is 0.119 e. The Kier molecular flexibility index (Phi) is 6.71. The summed E-state index contributed by atoms with van der Waals surface area (Å²) in [6.07, 6.45) is 3.44. The highest BCUT2D eigenvalue weighted by molar-refractivity contribution is 5.27. The van der Waals surface area contributed by atoms with Gasteiger partial charge in [-0.05, 0) is 24.1 Å². The summed E-state index contributed by atoms with van der Waals surface area (Å²) >= 11 is 0. The van der Waals surface area contributed by atoms with Gasteiger partial charge in [0.15, 0.2) is 0 Å². The maximum atomic E-state index is 5.87. The van der Waals surface area contributed by atoms with Gasteiger partial charge in [0.2, 0.25) is 0 Å². The van der Waals surface area contributed by atoms with Crippen LogP contribution in [0.4, 0.5) is 0 Å². The highest BCUT2D eigenvalue weighted by Crippen LogP contribution is 2.18. The van der Waals surface area contributed by atoms with Gasteiger partial charge >= 0.3 is 0 Å².